The van der Waals surface area contributed by atoms with E-state index < -0.39 is 17.8 Å². The van der Waals surface area contributed by atoms with E-state index in [1.165, 1.54) is 6.92 Å². The normalized spacial score (nSPS) is 12.8. The first-order valence-corrected chi connectivity index (χ1v) is 8.89. The fourth-order valence-corrected chi connectivity index (χ4v) is 3.04. The summed E-state index contributed by atoms with van der Waals surface area (Å²) >= 11 is 0. The predicted octanol–water partition coefficient (Wildman–Crippen LogP) is 0.908. The van der Waals surface area contributed by atoms with E-state index in [2.05, 4.69) is 20.4 Å². The summed E-state index contributed by atoms with van der Waals surface area (Å²) in [5.74, 6) is -1.77. The number of carbonyl (C=O) groups excluding carboxylic acids is 2. The number of para-hydroxylation sites is 1. The number of aromatic amines is 1. The Bertz CT molecular complexity index is 901. The van der Waals surface area contributed by atoms with Crippen LogP contribution in [0, 0.1) is 0 Å². The number of carbonyl (C=O) groups is 3. The Labute approximate surface area is 161 Å². The number of hydrogen-bond donors (Lipinski definition) is 4. The molecule has 1 heterocycles. The molecule has 1 aromatic carbocycles. The van der Waals surface area contributed by atoms with Crippen molar-refractivity contribution >= 4 is 34.8 Å². The van der Waals surface area contributed by atoms with Crippen molar-refractivity contribution in [2.24, 2.45) is 0 Å². The third kappa shape index (κ3) is 6.15. The van der Waals surface area contributed by atoms with Crippen molar-refractivity contribution in [3.05, 3.63) is 41.6 Å². The molecule has 0 aliphatic heterocycles. The molecule has 9 nitrogen and oxygen atoms in total. The van der Waals surface area contributed by atoms with Crippen LogP contribution in [-0.2, 0) is 20.8 Å². The highest BCUT2D eigenvalue weighted by atomic mass is 16.4. The second-order valence-electron chi connectivity index (χ2n) is 6.51. The number of aliphatic carboxylic acids is 1. The van der Waals surface area contributed by atoms with E-state index in [4.69, 9.17) is 5.53 Å². The van der Waals surface area contributed by atoms with Gasteiger partial charge in [0, 0.05) is 43.0 Å². The third-order valence-corrected chi connectivity index (χ3v) is 4.34. The number of aromatic nitrogens is 1. The number of benzene rings is 1. The Morgan fingerprint density at radius 1 is 1.32 bits per heavy atom. The van der Waals surface area contributed by atoms with Crippen molar-refractivity contribution in [1.29, 1.82) is 0 Å². The summed E-state index contributed by atoms with van der Waals surface area (Å²) in [5.41, 5.74) is 10.3. The third-order valence-electron chi connectivity index (χ3n) is 4.34. The molecule has 0 saturated heterocycles. The molecule has 0 saturated carbocycles. The molecule has 28 heavy (non-hydrogen) atoms. The largest absolute Gasteiger partial charge is 0.480 e. The molecule has 2 aromatic rings. The number of nitrogens with zero attached hydrogens (tertiary/aromatic N) is 2. The van der Waals surface area contributed by atoms with E-state index in [1.54, 1.807) is 0 Å². The van der Waals surface area contributed by atoms with Gasteiger partial charge in [0.2, 0.25) is 11.7 Å². The topological polar surface area (TPSA) is 148 Å². The summed E-state index contributed by atoms with van der Waals surface area (Å²) in [6, 6.07) is 6.50. The quantitative estimate of drug-likeness (QED) is 0.258. The number of Topliss-reactive ketones (excluding diaryl/α,β-unsaturated/α-hetero) is 1. The van der Waals surface area contributed by atoms with Gasteiger partial charge in [-0.1, -0.05) is 18.2 Å². The minimum Gasteiger partial charge on any atom is -0.480 e. The second-order valence-corrected chi connectivity index (χ2v) is 6.51. The Morgan fingerprint density at radius 3 is 2.75 bits per heavy atom. The lowest BCUT2D eigenvalue weighted by molar-refractivity contribution is -0.139. The molecular formula is C19H23N5O4. The summed E-state index contributed by atoms with van der Waals surface area (Å²) in [4.78, 5) is 40.2. The van der Waals surface area contributed by atoms with E-state index in [9.17, 15) is 19.5 Å². The number of rotatable bonds is 11. The van der Waals surface area contributed by atoms with E-state index in [0.29, 0.717) is 6.42 Å². The van der Waals surface area contributed by atoms with E-state index in [0.717, 1.165) is 22.7 Å². The zero-order valence-corrected chi connectivity index (χ0v) is 15.5. The van der Waals surface area contributed by atoms with Crippen LogP contribution in [0.15, 0.2) is 30.5 Å². The summed E-state index contributed by atoms with van der Waals surface area (Å²) in [5, 5.41) is 16.1. The van der Waals surface area contributed by atoms with Gasteiger partial charge in [0.15, 0.2) is 0 Å². The molecule has 0 aliphatic carbocycles. The summed E-state index contributed by atoms with van der Waals surface area (Å²) < 4.78 is 0. The first kappa shape index (κ1) is 21.0. The monoisotopic (exact) mass is 385 g/mol. The zero-order chi connectivity index (χ0) is 20.5. The maximum absolute atomic E-state index is 11.6. The molecule has 0 bridgehead atoms. The van der Waals surface area contributed by atoms with Gasteiger partial charge < -0.3 is 26.3 Å². The van der Waals surface area contributed by atoms with Gasteiger partial charge in [0.1, 0.15) is 6.04 Å². The van der Waals surface area contributed by atoms with Crippen LogP contribution < -0.4 is 10.6 Å². The number of nitrogens with one attached hydrogen (secondary N) is 3. The zero-order valence-electron chi connectivity index (χ0n) is 15.5. The fraction of sp³-hybridized carbons (Fsp3) is 0.368. The standard InChI is InChI=1S/C19H23N5O4/c1-12(25)24-14(8-13-9-21-17-5-3-2-4-16(13)17)10-22-18(19(27)28)7-6-15(26)11-23-20/h2-5,9,11,14,18,21-22H,6-8,10H2,1H3,(H,24,25)(H,27,28)/t14-,18-/m0/s1. The molecule has 0 spiro atoms. The molecule has 1 amide bonds. The molecule has 0 unspecified atom stereocenters. The van der Waals surface area contributed by atoms with Crippen molar-refractivity contribution in [2.75, 3.05) is 6.54 Å². The maximum Gasteiger partial charge on any atom is 0.323 e. The number of ketones is 1. The minimum absolute atomic E-state index is 0.0417. The fourth-order valence-electron chi connectivity index (χ4n) is 3.04. The second kappa shape index (κ2) is 10.1. The molecule has 148 valence electrons. The lowest BCUT2D eigenvalue weighted by Gasteiger charge is -2.21. The van der Waals surface area contributed by atoms with Crippen LogP contribution in [-0.4, -0.2) is 57.4 Å². The number of hydrogen-bond acceptors (Lipinski definition) is 4. The van der Waals surface area contributed by atoms with Gasteiger partial charge in [-0.2, -0.15) is 4.79 Å². The molecule has 2 atom stereocenters. The number of H-pyrrole nitrogens is 1. The highest BCUT2D eigenvalue weighted by Crippen LogP contribution is 2.19. The average Bonchev–Trinajstić information content (AvgIpc) is 3.04. The number of carboxylic acids is 1. The Balaban J connectivity index is 2.03. The lowest BCUT2D eigenvalue weighted by Crippen LogP contribution is -2.47. The van der Waals surface area contributed by atoms with Crippen LogP contribution in [0.5, 0.6) is 0 Å². The lowest BCUT2D eigenvalue weighted by atomic mass is 10.0. The van der Waals surface area contributed by atoms with Crippen molar-refractivity contribution in [2.45, 2.75) is 38.3 Å². The Kier molecular flexibility index (Phi) is 7.62. The summed E-state index contributed by atoms with van der Waals surface area (Å²) in [6.07, 6.45) is 3.11. The minimum atomic E-state index is -1.09. The van der Waals surface area contributed by atoms with Gasteiger partial charge in [0.05, 0.1) is 0 Å². The Hall–Kier alpha value is -3.29. The van der Waals surface area contributed by atoms with Gasteiger partial charge >= 0.3 is 12.2 Å². The van der Waals surface area contributed by atoms with Crippen molar-refractivity contribution < 1.29 is 24.3 Å². The molecule has 9 heteroatoms. The van der Waals surface area contributed by atoms with E-state index in [1.807, 2.05) is 30.5 Å². The van der Waals surface area contributed by atoms with Crippen LogP contribution in [0.1, 0.15) is 25.3 Å². The summed E-state index contributed by atoms with van der Waals surface area (Å²) in [6.45, 7) is 1.63. The van der Waals surface area contributed by atoms with Crippen LogP contribution in [0.2, 0.25) is 0 Å². The van der Waals surface area contributed by atoms with Gasteiger partial charge in [-0.3, -0.25) is 14.4 Å². The molecule has 4 N–H and O–H groups in total. The number of carboxylic acid groups (broad SMARTS) is 1. The van der Waals surface area contributed by atoms with E-state index >= 15 is 0 Å². The predicted molar refractivity (Wildman–Crippen MR) is 103 cm³/mol. The first-order chi connectivity index (χ1) is 13.4. The maximum atomic E-state index is 11.6. The average molecular weight is 385 g/mol. The smallest absolute Gasteiger partial charge is 0.323 e. The van der Waals surface area contributed by atoms with Crippen molar-refractivity contribution in [1.82, 2.24) is 15.6 Å². The van der Waals surface area contributed by atoms with Crippen molar-refractivity contribution in [3.63, 3.8) is 0 Å². The highest BCUT2D eigenvalue weighted by Gasteiger charge is 2.21. The van der Waals surface area contributed by atoms with Gasteiger partial charge in [-0.05, 0) is 24.5 Å². The molecule has 0 aliphatic rings. The molecule has 1 aromatic heterocycles. The van der Waals surface area contributed by atoms with Gasteiger partial charge in [-0.15, -0.1) is 0 Å². The molecule has 2 rings (SSSR count). The SMILES string of the molecule is CC(=O)N[C@H](CN[C@@H](CCC(=O)C=[N+]=[N-])C(=O)O)Cc1c[nH]c2ccccc12. The molecule has 0 radical (unpaired) electrons. The van der Waals surface area contributed by atoms with Gasteiger partial charge in [-0.25, -0.2) is 0 Å². The molecular weight excluding hydrogens is 362 g/mol. The van der Waals surface area contributed by atoms with Crippen LogP contribution in [0.4, 0.5) is 0 Å². The van der Waals surface area contributed by atoms with Gasteiger partial charge in [0.25, 0.3) is 0 Å². The van der Waals surface area contributed by atoms with Crippen LogP contribution in [0.25, 0.3) is 16.4 Å². The first-order valence-electron chi connectivity index (χ1n) is 8.89. The Morgan fingerprint density at radius 2 is 2.07 bits per heavy atom. The number of amides is 1. The van der Waals surface area contributed by atoms with Crippen molar-refractivity contribution in [3.8, 4) is 0 Å². The summed E-state index contributed by atoms with van der Waals surface area (Å²) in [7, 11) is 0. The van der Waals surface area contributed by atoms with E-state index in [-0.39, 0.29) is 31.3 Å². The number of fused-ring (bicyclic) bond motifs is 1. The molecule has 0 fully saturated rings. The van der Waals surface area contributed by atoms with Crippen LogP contribution in [0.3, 0.4) is 0 Å². The van der Waals surface area contributed by atoms with Crippen LogP contribution >= 0.6 is 0 Å². The highest BCUT2D eigenvalue weighted by molar-refractivity contribution is 6.25.